The lowest BCUT2D eigenvalue weighted by Crippen LogP contribution is -2.46. The molecule has 0 aliphatic rings. The Balaban J connectivity index is -0.000000186. The smallest absolute Gasteiger partial charge is 0.132 e. The van der Waals surface area contributed by atoms with Crippen molar-refractivity contribution in [2.45, 2.75) is 82.3 Å². The molecule has 3 rings (SSSR count). The van der Waals surface area contributed by atoms with E-state index in [2.05, 4.69) is 176 Å². The molecule has 0 saturated carbocycles. The molecule has 0 spiro atoms. The third kappa shape index (κ3) is 40.8. The van der Waals surface area contributed by atoms with Crippen LogP contribution in [0.15, 0.2) is 91.0 Å². The molecule has 0 aromatic heterocycles. The molecule has 3 aromatic carbocycles. The van der Waals surface area contributed by atoms with Crippen LogP contribution in [0.2, 0.25) is 0 Å². The van der Waals surface area contributed by atoms with Crippen molar-refractivity contribution in [1.29, 1.82) is 0 Å². The minimum Gasteiger partial charge on any atom is -0.855 e. The van der Waals surface area contributed by atoms with Gasteiger partial charge < -0.3 is 33.9 Å². The second-order valence-corrected chi connectivity index (χ2v) is 14.9. The average molecular weight is 775 g/mol. The number of para-hydroxylation sites is 1. The number of rotatable bonds is 11. The summed E-state index contributed by atoms with van der Waals surface area (Å²) in [4.78, 5) is 0. The van der Waals surface area contributed by atoms with Crippen LogP contribution in [0.3, 0.4) is 0 Å². The molecule has 0 fully saturated rings. The van der Waals surface area contributed by atoms with Crippen molar-refractivity contribution in [3.8, 4) is 0 Å². The van der Waals surface area contributed by atoms with Gasteiger partial charge in [-0.2, -0.15) is 0 Å². The van der Waals surface area contributed by atoms with Crippen molar-refractivity contribution in [2.24, 2.45) is 0 Å². The summed E-state index contributed by atoms with van der Waals surface area (Å²) in [7, 11) is 15.4. The molecule has 0 unspecified atom stereocenters. The maximum atomic E-state index is 8.93. The molecule has 0 amide bonds. The predicted octanol–water partition coefficient (Wildman–Crippen LogP) is 5.80. The molecule has 8 heteroatoms. The third-order valence-corrected chi connectivity index (χ3v) is 8.69. The summed E-state index contributed by atoms with van der Waals surface area (Å²) >= 11 is 0. The van der Waals surface area contributed by atoms with Gasteiger partial charge in [-0.15, -0.1) is 26.4 Å². The molecule has 3 aromatic rings. The molecular weight excluding hydrogens is 685 g/mol. The highest BCUT2D eigenvalue weighted by Gasteiger charge is 2.20. The largest absolute Gasteiger partial charge is 0.855 e. The Morgan fingerprint density at radius 1 is 0.364 bits per heavy atom. The Hall–Kier alpha value is -2.66. The van der Waals surface area contributed by atoms with E-state index in [0.29, 0.717) is 0 Å². The zero-order chi connectivity index (χ0) is 43.8. The van der Waals surface area contributed by atoms with Crippen LogP contribution in [-0.2, 0) is 13.1 Å². The Kier molecular flexibility index (Phi) is 44.3. The predicted molar refractivity (Wildman–Crippen MR) is 236 cm³/mol. The van der Waals surface area contributed by atoms with Gasteiger partial charge in [-0.05, 0) is 53.7 Å². The second-order valence-electron chi connectivity index (χ2n) is 14.9. The molecule has 55 heavy (non-hydrogen) atoms. The van der Waals surface area contributed by atoms with Gasteiger partial charge in [-0.1, -0.05) is 107 Å². The maximum absolute atomic E-state index is 8.93. The molecule has 322 valence electrons. The summed E-state index contributed by atoms with van der Waals surface area (Å²) in [6.07, 6.45) is 0. The molecule has 0 aliphatic carbocycles. The average Bonchev–Trinajstić information content (AvgIpc) is 3.16. The summed E-state index contributed by atoms with van der Waals surface area (Å²) in [5, 5.41) is 35.7. The van der Waals surface area contributed by atoms with E-state index in [9.17, 15) is 0 Å². The van der Waals surface area contributed by atoms with E-state index in [1.54, 1.807) is 27.7 Å². The molecule has 0 atom stereocenters. The molecule has 0 radical (unpaired) electrons. The van der Waals surface area contributed by atoms with Crippen LogP contribution in [-0.4, -0.2) is 128 Å². The SMILES string of the molecule is CC[N+](C)(CC)CC.CC[N+](CC)(CC)Cc1ccccc1.CC[O-].CC[O-].CC[O-].CC[O-].C[N+](C)(C)Cc1ccccc1.C[N+](C)(C)c1ccccc1. The van der Waals surface area contributed by atoms with Crippen molar-refractivity contribution in [1.82, 2.24) is 4.48 Å². The van der Waals surface area contributed by atoms with Crippen LogP contribution in [0.4, 0.5) is 5.69 Å². The van der Waals surface area contributed by atoms with Crippen LogP contribution < -0.4 is 24.9 Å². The fourth-order valence-electron chi connectivity index (χ4n) is 4.65. The number of hydrogen-bond acceptors (Lipinski definition) is 4. The standard InChI is InChI=1S/C13H22N.C10H16N.C9H14N.C7H18N.4C2H5O/c1-4-14(5-2,6-3)12-13-10-8-7-9-11-13;1-11(2,3)9-10-7-5-4-6-8-10;1-10(2,3)9-7-5-4-6-8-9;1-5-8(4,6-2)7-3;4*1-2-3/h7-11H,4-6,12H2,1-3H3;4-8H,9H2,1-3H3;4-8H,1-3H3;5-7H2,1-4H3;4*2H2,1H3/q4*+1;4*-1. The van der Waals surface area contributed by atoms with Crippen molar-refractivity contribution in [3.05, 3.63) is 102 Å². The molecule has 0 N–H and O–H groups in total. The zero-order valence-electron chi connectivity index (χ0n) is 39.1. The minimum atomic E-state index is 0. The van der Waals surface area contributed by atoms with Gasteiger partial charge in [0.1, 0.15) is 18.8 Å². The van der Waals surface area contributed by atoms with E-state index in [0.717, 1.165) is 15.5 Å². The Bertz CT molecular complexity index is 1100. The highest BCUT2D eigenvalue weighted by Crippen LogP contribution is 2.15. The van der Waals surface area contributed by atoms with Crippen LogP contribution in [0.5, 0.6) is 0 Å². The lowest BCUT2D eigenvalue weighted by molar-refractivity contribution is -0.936. The number of benzene rings is 3. The van der Waals surface area contributed by atoms with Crippen molar-refractivity contribution in [3.63, 3.8) is 0 Å². The van der Waals surface area contributed by atoms with E-state index in [1.807, 2.05) is 6.07 Å². The number of hydrogen-bond donors (Lipinski definition) is 0. The fourth-order valence-corrected chi connectivity index (χ4v) is 4.65. The Morgan fingerprint density at radius 3 is 0.800 bits per heavy atom. The summed E-state index contributed by atoms with van der Waals surface area (Å²) in [6, 6.07) is 31.8. The van der Waals surface area contributed by atoms with Gasteiger partial charge in [0.25, 0.3) is 0 Å². The molecule has 0 heterocycles. The third-order valence-electron chi connectivity index (χ3n) is 8.69. The maximum Gasteiger partial charge on any atom is 0.132 e. The second kappa shape index (κ2) is 39.6. The summed E-state index contributed by atoms with van der Waals surface area (Å²) in [5.74, 6) is 0. The van der Waals surface area contributed by atoms with Gasteiger partial charge >= 0.3 is 0 Å². The quantitative estimate of drug-likeness (QED) is 0.231. The van der Waals surface area contributed by atoms with Crippen molar-refractivity contribution < 1.29 is 33.9 Å². The first kappa shape index (κ1) is 61.6. The Morgan fingerprint density at radius 2 is 0.618 bits per heavy atom. The van der Waals surface area contributed by atoms with E-state index < -0.39 is 0 Å². The first-order valence-electron chi connectivity index (χ1n) is 20.5. The van der Waals surface area contributed by atoms with Gasteiger partial charge in [0.05, 0.1) is 88.6 Å². The zero-order valence-corrected chi connectivity index (χ0v) is 39.1. The van der Waals surface area contributed by atoms with Crippen LogP contribution in [0.1, 0.15) is 80.4 Å². The van der Waals surface area contributed by atoms with Crippen LogP contribution in [0, 0.1) is 0 Å². The van der Waals surface area contributed by atoms with Crippen LogP contribution in [0.25, 0.3) is 0 Å². The topological polar surface area (TPSA) is 92.2 Å². The molecule has 0 saturated heterocycles. The molecule has 0 aliphatic heterocycles. The molecule has 8 nitrogen and oxygen atoms in total. The van der Waals surface area contributed by atoms with Crippen LogP contribution >= 0.6 is 0 Å². The minimum absolute atomic E-state index is 0. The van der Waals surface area contributed by atoms with E-state index in [4.69, 9.17) is 20.4 Å². The van der Waals surface area contributed by atoms with E-state index in [1.165, 1.54) is 71.6 Å². The lowest BCUT2D eigenvalue weighted by atomic mass is 10.2. The molecular formula is C47H90N4O4. The highest BCUT2D eigenvalue weighted by atomic mass is 16.3. The fraction of sp³-hybridized carbons (Fsp3) is 0.617. The van der Waals surface area contributed by atoms with Gasteiger partial charge in [0, 0.05) is 11.1 Å². The summed E-state index contributed by atoms with van der Waals surface area (Å²) in [5.41, 5.74) is 4.19. The summed E-state index contributed by atoms with van der Waals surface area (Å²) in [6.45, 7) is 29.6. The lowest BCUT2D eigenvalue weighted by Gasteiger charge is -2.35. The van der Waals surface area contributed by atoms with E-state index >= 15 is 0 Å². The van der Waals surface area contributed by atoms with Gasteiger partial charge in [-0.25, -0.2) is 0 Å². The number of nitrogens with zero attached hydrogens (tertiary/aromatic N) is 4. The van der Waals surface area contributed by atoms with E-state index in [-0.39, 0.29) is 26.4 Å². The monoisotopic (exact) mass is 775 g/mol. The highest BCUT2D eigenvalue weighted by molar-refractivity contribution is 5.40. The van der Waals surface area contributed by atoms with Gasteiger partial charge in [0.2, 0.25) is 0 Å². The summed E-state index contributed by atoms with van der Waals surface area (Å²) < 4.78 is 4.29. The normalized spacial score (nSPS) is 10.4. The van der Waals surface area contributed by atoms with Gasteiger partial charge in [-0.3, -0.25) is 4.48 Å². The van der Waals surface area contributed by atoms with Crippen molar-refractivity contribution >= 4 is 5.69 Å². The van der Waals surface area contributed by atoms with Crippen molar-refractivity contribution in [2.75, 3.05) is 115 Å². The Labute approximate surface area is 342 Å². The molecule has 0 bridgehead atoms. The van der Waals surface area contributed by atoms with Gasteiger partial charge in [0.15, 0.2) is 0 Å². The first-order chi connectivity index (χ1) is 25.8. The first-order valence-corrected chi connectivity index (χ1v) is 20.5. The number of quaternary nitrogens is 4.